The molecule has 0 N–H and O–H groups in total. The van der Waals surface area contributed by atoms with Crippen molar-refractivity contribution in [1.82, 2.24) is 4.90 Å². The van der Waals surface area contributed by atoms with Gasteiger partial charge in [0.25, 0.3) is 0 Å². The molecule has 18 heavy (non-hydrogen) atoms. The molecule has 3 rings (SSSR count). The first-order valence-corrected chi connectivity index (χ1v) is 7.30. The summed E-state index contributed by atoms with van der Waals surface area (Å²) in [6, 6.07) is 7.79. The van der Waals surface area contributed by atoms with E-state index in [0.29, 0.717) is 6.04 Å². The van der Waals surface area contributed by atoms with Gasteiger partial charge in [-0.25, -0.2) is 0 Å². The number of piperidine rings is 1. The van der Waals surface area contributed by atoms with E-state index in [1.807, 2.05) is 0 Å². The highest BCUT2D eigenvalue weighted by molar-refractivity contribution is 5.53. The van der Waals surface area contributed by atoms with Gasteiger partial charge in [-0.15, -0.1) is 0 Å². The Hall–Kier alpha value is -1.02. The second kappa shape index (κ2) is 4.93. The van der Waals surface area contributed by atoms with Gasteiger partial charge in [-0.3, -0.25) is 0 Å². The minimum absolute atomic E-state index is 0.629. The Kier molecular flexibility index (Phi) is 3.29. The van der Waals surface area contributed by atoms with E-state index in [4.69, 9.17) is 0 Å². The van der Waals surface area contributed by atoms with Crippen molar-refractivity contribution in [2.75, 3.05) is 32.1 Å². The molecule has 1 aliphatic carbocycles. The summed E-state index contributed by atoms with van der Waals surface area (Å²) in [4.78, 5) is 4.93. The van der Waals surface area contributed by atoms with Crippen LogP contribution in [0.1, 0.15) is 42.9 Å². The fourth-order valence-corrected chi connectivity index (χ4v) is 3.45. The molecule has 0 aromatic heterocycles. The first-order valence-electron chi connectivity index (χ1n) is 7.30. The van der Waals surface area contributed by atoms with E-state index in [0.717, 1.165) is 0 Å². The zero-order valence-electron chi connectivity index (χ0n) is 11.7. The smallest absolute Gasteiger partial charge is 0.0369 e. The molecule has 98 valence electrons. The van der Waals surface area contributed by atoms with Crippen molar-refractivity contribution in [2.45, 2.75) is 38.1 Å². The second-order valence-electron chi connectivity index (χ2n) is 5.95. The summed E-state index contributed by atoms with van der Waals surface area (Å²) in [5.41, 5.74) is 4.58. The number of fused-ring (bicyclic) bond motifs is 1. The van der Waals surface area contributed by atoms with Crippen LogP contribution in [-0.2, 0) is 6.42 Å². The predicted molar refractivity (Wildman–Crippen MR) is 77.3 cm³/mol. The van der Waals surface area contributed by atoms with E-state index in [9.17, 15) is 0 Å². The highest BCUT2D eigenvalue weighted by Crippen LogP contribution is 2.37. The molecule has 1 fully saturated rings. The Labute approximate surface area is 111 Å². The topological polar surface area (TPSA) is 6.48 Å². The van der Waals surface area contributed by atoms with E-state index in [-0.39, 0.29) is 0 Å². The highest BCUT2D eigenvalue weighted by Gasteiger charge is 2.25. The van der Waals surface area contributed by atoms with E-state index in [1.54, 1.807) is 11.1 Å². The maximum atomic E-state index is 2.56. The fourth-order valence-electron chi connectivity index (χ4n) is 3.45. The highest BCUT2D eigenvalue weighted by atomic mass is 15.1. The molecule has 1 saturated heterocycles. The lowest BCUT2D eigenvalue weighted by Crippen LogP contribution is -2.29. The monoisotopic (exact) mass is 244 g/mol. The summed E-state index contributed by atoms with van der Waals surface area (Å²) in [7, 11) is 4.40. The third-order valence-electron chi connectivity index (χ3n) is 4.52. The molecule has 1 heterocycles. The van der Waals surface area contributed by atoms with Gasteiger partial charge < -0.3 is 9.80 Å². The van der Waals surface area contributed by atoms with Crippen molar-refractivity contribution in [3.05, 3.63) is 29.3 Å². The van der Waals surface area contributed by atoms with E-state index < -0.39 is 0 Å². The number of aryl methyl sites for hydroxylation is 1. The lowest BCUT2D eigenvalue weighted by atomic mass is 10.0. The maximum Gasteiger partial charge on any atom is 0.0369 e. The van der Waals surface area contributed by atoms with Gasteiger partial charge in [0.15, 0.2) is 0 Å². The van der Waals surface area contributed by atoms with Crippen LogP contribution in [0.15, 0.2) is 18.2 Å². The molecule has 1 aromatic rings. The summed E-state index contributed by atoms with van der Waals surface area (Å²) < 4.78 is 0. The van der Waals surface area contributed by atoms with Crippen LogP contribution in [0, 0.1) is 0 Å². The van der Waals surface area contributed by atoms with Crippen molar-refractivity contribution in [1.29, 1.82) is 0 Å². The number of hydrogen-bond donors (Lipinski definition) is 0. The Morgan fingerprint density at radius 3 is 2.61 bits per heavy atom. The summed E-state index contributed by atoms with van der Waals surface area (Å²) in [6.07, 6.45) is 6.65. The van der Waals surface area contributed by atoms with Gasteiger partial charge in [0, 0.05) is 24.8 Å². The molecule has 2 aliphatic rings. The van der Waals surface area contributed by atoms with Gasteiger partial charge in [0.05, 0.1) is 0 Å². The Morgan fingerprint density at radius 2 is 1.89 bits per heavy atom. The summed E-state index contributed by atoms with van der Waals surface area (Å²) in [5.74, 6) is 0. The molecule has 2 nitrogen and oxygen atoms in total. The molecule has 0 bridgehead atoms. The third-order valence-corrected chi connectivity index (χ3v) is 4.52. The molecule has 0 spiro atoms. The van der Waals surface area contributed by atoms with Crippen LogP contribution in [0.5, 0.6) is 0 Å². The number of benzene rings is 1. The first-order chi connectivity index (χ1) is 8.75. The largest absolute Gasteiger partial charge is 0.372 e. The van der Waals surface area contributed by atoms with E-state index >= 15 is 0 Å². The molecular weight excluding hydrogens is 220 g/mol. The van der Waals surface area contributed by atoms with Crippen LogP contribution in [0.4, 0.5) is 5.69 Å². The number of nitrogens with zero attached hydrogens (tertiary/aromatic N) is 2. The van der Waals surface area contributed by atoms with Gasteiger partial charge >= 0.3 is 0 Å². The fraction of sp³-hybridized carbons (Fsp3) is 0.625. The van der Waals surface area contributed by atoms with Crippen molar-refractivity contribution in [2.24, 2.45) is 0 Å². The van der Waals surface area contributed by atoms with E-state index in [1.165, 1.54) is 50.9 Å². The molecule has 0 saturated carbocycles. The quantitative estimate of drug-likeness (QED) is 0.788. The molecule has 1 aromatic carbocycles. The first kappa shape index (κ1) is 12.0. The summed E-state index contributed by atoms with van der Waals surface area (Å²) in [6.45, 7) is 2.48. The van der Waals surface area contributed by atoms with Crippen molar-refractivity contribution in [3.8, 4) is 0 Å². The second-order valence-corrected chi connectivity index (χ2v) is 5.95. The van der Waals surface area contributed by atoms with Gasteiger partial charge in [-0.2, -0.15) is 0 Å². The SMILES string of the molecule is CN(C)C1CCc2ccc(N3CCCCC3)cc21. The van der Waals surface area contributed by atoms with Crippen molar-refractivity contribution in [3.63, 3.8) is 0 Å². The van der Waals surface area contributed by atoms with Gasteiger partial charge in [0.1, 0.15) is 0 Å². The van der Waals surface area contributed by atoms with Gasteiger partial charge in [0.2, 0.25) is 0 Å². The zero-order chi connectivity index (χ0) is 12.5. The minimum atomic E-state index is 0.629. The van der Waals surface area contributed by atoms with Crippen LogP contribution in [0.25, 0.3) is 0 Å². The number of anilines is 1. The zero-order valence-corrected chi connectivity index (χ0v) is 11.7. The molecule has 1 atom stereocenters. The van der Waals surface area contributed by atoms with E-state index in [2.05, 4.69) is 42.1 Å². The van der Waals surface area contributed by atoms with Crippen LogP contribution in [0.2, 0.25) is 0 Å². The number of rotatable bonds is 2. The maximum absolute atomic E-state index is 2.56. The number of hydrogen-bond acceptors (Lipinski definition) is 2. The minimum Gasteiger partial charge on any atom is -0.372 e. The Morgan fingerprint density at radius 1 is 1.11 bits per heavy atom. The van der Waals surface area contributed by atoms with Crippen LogP contribution in [0.3, 0.4) is 0 Å². The van der Waals surface area contributed by atoms with Crippen molar-refractivity contribution >= 4 is 5.69 Å². The van der Waals surface area contributed by atoms with Crippen LogP contribution < -0.4 is 4.90 Å². The van der Waals surface area contributed by atoms with Gasteiger partial charge in [-0.05, 0) is 69.5 Å². The lowest BCUT2D eigenvalue weighted by Gasteiger charge is -2.30. The molecule has 1 aliphatic heterocycles. The van der Waals surface area contributed by atoms with Crippen LogP contribution >= 0.6 is 0 Å². The summed E-state index contributed by atoms with van der Waals surface area (Å²) >= 11 is 0. The average molecular weight is 244 g/mol. The van der Waals surface area contributed by atoms with Crippen molar-refractivity contribution < 1.29 is 0 Å². The lowest BCUT2D eigenvalue weighted by molar-refractivity contribution is 0.299. The molecule has 2 heteroatoms. The molecule has 1 unspecified atom stereocenters. The molecular formula is C16H24N2. The van der Waals surface area contributed by atoms with Crippen LogP contribution in [-0.4, -0.2) is 32.1 Å². The summed E-state index contributed by atoms with van der Waals surface area (Å²) in [5, 5.41) is 0. The predicted octanol–water partition coefficient (Wildman–Crippen LogP) is 3.23. The Bertz CT molecular complexity index is 419. The third kappa shape index (κ3) is 2.14. The molecule has 0 amide bonds. The average Bonchev–Trinajstić information content (AvgIpc) is 2.82. The van der Waals surface area contributed by atoms with Gasteiger partial charge in [-0.1, -0.05) is 6.07 Å². The Balaban J connectivity index is 1.87. The standard InChI is InChI=1S/C16H24N2/c1-17(2)16-9-7-13-6-8-14(12-15(13)16)18-10-4-3-5-11-18/h6,8,12,16H,3-5,7,9-11H2,1-2H3. The molecule has 0 radical (unpaired) electrons. The normalized spacial score (nSPS) is 23.5.